The summed E-state index contributed by atoms with van der Waals surface area (Å²) in [4.78, 5) is 24.3. The van der Waals surface area contributed by atoms with Gasteiger partial charge in [-0.15, -0.1) is 11.8 Å². The first-order valence-electron chi connectivity index (χ1n) is 6.62. The Bertz CT molecular complexity index is 614. The van der Waals surface area contributed by atoms with Gasteiger partial charge in [0, 0.05) is 21.7 Å². The van der Waals surface area contributed by atoms with Gasteiger partial charge in [-0.2, -0.15) is 0 Å². The molecule has 2 rings (SSSR count). The van der Waals surface area contributed by atoms with E-state index >= 15 is 0 Å². The molecule has 0 aliphatic carbocycles. The predicted molar refractivity (Wildman–Crippen MR) is 88.9 cm³/mol. The fraction of sp³-hybridized carbons (Fsp3) is 0.200. The molecule has 1 heterocycles. The van der Waals surface area contributed by atoms with Crippen molar-refractivity contribution >= 4 is 39.5 Å². The minimum absolute atomic E-state index is 0.0670. The van der Waals surface area contributed by atoms with Gasteiger partial charge < -0.3 is 15.1 Å². The first kappa shape index (κ1) is 16.6. The zero-order chi connectivity index (χ0) is 15.8. The monoisotopic (exact) mass is 382 g/mol. The lowest BCUT2D eigenvalue weighted by Crippen LogP contribution is -2.37. The molecule has 5 nitrogen and oxygen atoms in total. The van der Waals surface area contributed by atoms with Crippen LogP contribution >= 0.6 is 27.7 Å². The third-order valence-electron chi connectivity index (χ3n) is 2.66. The number of furan rings is 1. The average Bonchev–Trinajstić information content (AvgIpc) is 3.05. The molecule has 1 aromatic heterocycles. The molecule has 0 fully saturated rings. The third kappa shape index (κ3) is 5.57. The lowest BCUT2D eigenvalue weighted by atomic mass is 10.4. The van der Waals surface area contributed by atoms with Crippen molar-refractivity contribution in [3.63, 3.8) is 0 Å². The van der Waals surface area contributed by atoms with Gasteiger partial charge in [0.05, 0.1) is 12.8 Å². The zero-order valence-corrected chi connectivity index (χ0v) is 14.1. The second kappa shape index (κ2) is 8.65. The van der Waals surface area contributed by atoms with E-state index in [2.05, 4.69) is 26.6 Å². The van der Waals surface area contributed by atoms with E-state index in [0.717, 1.165) is 15.1 Å². The topological polar surface area (TPSA) is 71.3 Å². The van der Waals surface area contributed by atoms with Crippen LogP contribution in [0.15, 0.2) is 56.4 Å². The van der Waals surface area contributed by atoms with E-state index in [1.54, 1.807) is 23.9 Å². The highest BCUT2D eigenvalue weighted by atomic mass is 79.9. The quantitative estimate of drug-likeness (QED) is 0.570. The van der Waals surface area contributed by atoms with Crippen LogP contribution in [-0.4, -0.2) is 30.7 Å². The van der Waals surface area contributed by atoms with Crippen molar-refractivity contribution < 1.29 is 14.0 Å². The average molecular weight is 383 g/mol. The normalized spacial score (nSPS) is 10.2. The number of carbonyl (C=O) groups excluding carboxylic acids is 2. The lowest BCUT2D eigenvalue weighted by Gasteiger charge is -2.06. The second-order valence-corrected chi connectivity index (χ2v) is 6.40. The Balaban J connectivity index is 1.59. The van der Waals surface area contributed by atoms with E-state index < -0.39 is 5.91 Å². The molecule has 22 heavy (non-hydrogen) atoms. The number of carbonyl (C=O) groups is 2. The Hall–Kier alpha value is -1.73. The minimum Gasteiger partial charge on any atom is -0.459 e. The molecule has 1 aromatic carbocycles. The summed E-state index contributed by atoms with van der Waals surface area (Å²) in [6.07, 6.45) is 1.41. The van der Waals surface area contributed by atoms with Gasteiger partial charge in [-0.3, -0.25) is 9.59 Å². The molecule has 2 aromatic rings. The number of benzene rings is 1. The maximum absolute atomic E-state index is 11.6. The molecular weight excluding hydrogens is 368 g/mol. The number of hydrogen-bond donors (Lipinski definition) is 2. The maximum Gasteiger partial charge on any atom is 0.287 e. The summed E-state index contributed by atoms with van der Waals surface area (Å²) >= 11 is 5.04. The summed E-state index contributed by atoms with van der Waals surface area (Å²) in [6.45, 7) is 0.471. The number of amides is 2. The van der Waals surface area contributed by atoms with Crippen LogP contribution in [0.5, 0.6) is 0 Å². The van der Waals surface area contributed by atoms with Crippen LogP contribution in [0.3, 0.4) is 0 Å². The molecule has 0 spiro atoms. The highest BCUT2D eigenvalue weighted by Gasteiger charge is 2.09. The fourth-order valence-electron chi connectivity index (χ4n) is 1.61. The molecule has 0 bridgehead atoms. The van der Waals surface area contributed by atoms with E-state index in [0.29, 0.717) is 6.54 Å². The minimum atomic E-state index is -0.399. The van der Waals surface area contributed by atoms with Crippen molar-refractivity contribution in [3.05, 3.63) is 52.9 Å². The Morgan fingerprint density at radius 1 is 1.14 bits per heavy atom. The summed E-state index contributed by atoms with van der Waals surface area (Å²) < 4.78 is 5.97. The molecule has 0 saturated heterocycles. The second-order valence-electron chi connectivity index (χ2n) is 4.31. The summed E-state index contributed by atoms with van der Waals surface area (Å²) in [5.74, 6) is 0.332. The SMILES string of the molecule is O=C(CNC(=O)c1ccco1)NCCSc1ccc(Br)cc1. The standard InChI is InChI=1S/C15H15BrN2O3S/c16-11-3-5-12(6-4-11)22-9-7-17-14(19)10-18-15(20)13-2-1-8-21-13/h1-6,8H,7,9-10H2,(H,17,19)(H,18,20). The lowest BCUT2D eigenvalue weighted by molar-refractivity contribution is -0.120. The van der Waals surface area contributed by atoms with E-state index in [9.17, 15) is 9.59 Å². The van der Waals surface area contributed by atoms with Gasteiger partial charge in [0.15, 0.2) is 5.76 Å². The molecule has 7 heteroatoms. The fourth-order valence-corrected chi connectivity index (χ4v) is 2.64. The Kier molecular flexibility index (Phi) is 6.54. The van der Waals surface area contributed by atoms with Crippen LogP contribution in [0.1, 0.15) is 10.6 Å². The molecule has 0 aliphatic heterocycles. The van der Waals surface area contributed by atoms with E-state index in [1.165, 1.54) is 6.26 Å². The third-order valence-corrected chi connectivity index (χ3v) is 4.20. The predicted octanol–water partition coefficient (Wildman–Crippen LogP) is 2.68. The van der Waals surface area contributed by atoms with Gasteiger partial charge in [0.1, 0.15) is 0 Å². The van der Waals surface area contributed by atoms with Crippen molar-refractivity contribution in [1.82, 2.24) is 10.6 Å². The van der Waals surface area contributed by atoms with Crippen LogP contribution in [0, 0.1) is 0 Å². The van der Waals surface area contributed by atoms with Gasteiger partial charge in [-0.25, -0.2) is 0 Å². The van der Waals surface area contributed by atoms with Crippen molar-refractivity contribution in [2.45, 2.75) is 4.90 Å². The molecule has 0 unspecified atom stereocenters. The Morgan fingerprint density at radius 3 is 2.59 bits per heavy atom. The van der Waals surface area contributed by atoms with Crippen molar-refractivity contribution in [3.8, 4) is 0 Å². The van der Waals surface area contributed by atoms with Crippen molar-refractivity contribution in [2.75, 3.05) is 18.8 Å². The number of thioether (sulfide) groups is 1. The first-order valence-corrected chi connectivity index (χ1v) is 8.40. The largest absolute Gasteiger partial charge is 0.459 e. The van der Waals surface area contributed by atoms with Gasteiger partial charge in [0.25, 0.3) is 5.91 Å². The molecule has 0 atom stereocenters. The maximum atomic E-state index is 11.6. The van der Waals surface area contributed by atoms with Crippen LogP contribution < -0.4 is 10.6 Å². The summed E-state index contributed by atoms with van der Waals surface area (Å²) in [5.41, 5.74) is 0. The molecular formula is C15H15BrN2O3S. The van der Waals surface area contributed by atoms with Crippen LogP contribution in [0.25, 0.3) is 0 Å². The number of hydrogen-bond acceptors (Lipinski definition) is 4. The van der Waals surface area contributed by atoms with Gasteiger partial charge in [-0.1, -0.05) is 15.9 Å². The van der Waals surface area contributed by atoms with E-state index in [4.69, 9.17) is 4.42 Å². The Labute approximate surface area is 141 Å². The van der Waals surface area contributed by atoms with E-state index in [1.807, 2.05) is 24.3 Å². The van der Waals surface area contributed by atoms with E-state index in [-0.39, 0.29) is 18.2 Å². The zero-order valence-electron chi connectivity index (χ0n) is 11.7. The van der Waals surface area contributed by atoms with Crippen LogP contribution in [0.2, 0.25) is 0 Å². The summed E-state index contributed by atoms with van der Waals surface area (Å²) in [6, 6.07) is 11.1. The van der Waals surface area contributed by atoms with Gasteiger partial charge in [-0.05, 0) is 36.4 Å². The molecule has 0 saturated carbocycles. The van der Waals surface area contributed by atoms with Crippen molar-refractivity contribution in [1.29, 1.82) is 0 Å². The molecule has 2 amide bonds. The highest BCUT2D eigenvalue weighted by molar-refractivity contribution is 9.10. The molecule has 116 valence electrons. The van der Waals surface area contributed by atoms with Crippen LogP contribution in [0.4, 0.5) is 0 Å². The summed E-state index contributed by atoms with van der Waals surface area (Å²) in [5, 5.41) is 5.24. The number of halogens is 1. The smallest absolute Gasteiger partial charge is 0.287 e. The molecule has 0 radical (unpaired) electrons. The summed E-state index contributed by atoms with van der Waals surface area (Å²) in [7, 11) is 0. The van der Waals surface area contributed by atoms with Crippen LogP contribution in [-0.2, 0) is 4.79 Å². The highest BCUT2D eigenvalue weighted by Crippen LogP contribution is 2.19. The number of nitrogens with one attached hydrogen (secondary N) is 2. The number of rotatable bonds is 7. The first-order chi connectivity index (χ1) is 10.6. The van der Waals surface area contributed by atoms with Gasteiger partial charge in [0.2, 0.25) is 5.91 Å². The van der Waals surface area contributed by atoms with Crippen molar-refractivity contribution in [2.24, 2.45) is 0 Å². The van der Waals surface area contributed by atoms with Gasteiger partial charge >= 0.3 is 0 Å². The Morgan fingerprint density at radius 2 is 1.91 bits per heavy atom. The molecule has 0 aliphatic rings. The molecule has 2 N–H and O–H groups in total.